The first-order valence-electron chi connectivity index (χ1n) is 13.8. The third-order valence-corrected chi connectivity index (χ3v) is 7.89. The van der Waals surface area contributed by atoms with Crippen molar-refractivity contribution in [2.45, 2.75) is 72.6 Å². The second-order valence-electron chi connectivity index (χ2n) is 10.7. The minimum absolute atomic E-state index is 0.0189. The Kier molecular flexibility index (Phi) is 13.1. The summed E-state index contributed by atoms with van der Waals surface area (Å²) in [6.45, 7) is 6.22. The van der Waals surface area contributed by atoms with Gasteiger partial charge in [0.2, 0.25) is 0 Å². The SMILES string of the molecule is COc1ccc(CC[C@@H](C[C@H](C[C@@H](C[C@H](CCc2ccc(OC)cc2)C(C)=O)C(C)=O)C(C)=O)C(C)=O)cc1. The Labute approximate surface area is 233 Å². The number of hydrogen-bond donors (Lipinski definition) is 0. The number of aryl methyl sites for hydroxylation is 2. The van der Waals surface area contributed by atoms with Crippen LogP contribution < -0.4 is 9.47 Å². The van der Waals surface area contributed by atoms with Gasteiger partial charge in [-0.1, -0.05) is 24.3 Å². The van der Waals surface area contributed by atoms with Crippen molar-refractivity contribution in [3.05, 3.63) is 59.7 Å². The molecule has 0 bridgehead atoms. The molecule has 6 heteroatoms. The maximum absolute atomic E-state index is 12.7. The fourth-order valence-corrected chi connectivity index (χ4v) is 5.13. The van der Waals surface area contributed by atoms with Gasteiger partial charge in [0, 0.05) is 23.7 Å². The first-order valence-corrected chi connectivity index (χ1v) is 13.8. The predicted octanol–water partition coefficient (Wildman–Crippen LogP) is 6.26. The molecule has 0 fully saturated rings. The number of benzene rings is 2. The first kappa shape index (κ1) is 31.9. The summed E-state index contributed by atoms with van der Waals surface area (Å²) < 4.78 is 10.4. The van der Waals surface area contributed by atoms with Crippen LogP contribution in [0.15, 0.2) is 48.5 Å². The van der Waals surface area contributed by atoms with Crippen LogP contribution in [0.1, 0.15) is 70.9 Å². The summed E-state index contributed by atoms with van der Waals surface area (Å²) in [6, 6.07) is 15.5. The van der Waals surface area contributed by atoms with E-state index < -0.39 is 11.8 Å². The largest absolute Gasteiger partial charge is 0.497 e. The van der Waals surface area contributed by atoms with Crippen molar-refractivity contribution in [2.24, 2.45) is 23.7 Å². The topological polar surface area (TPSA) is 86.7 Å². The highest BCUT2D eigenvalue weighted by molar-refractivity contribution is 5.84. The predicted molar refractivity (Wildman–Crippen MR) is 153 cm³/mol. The van der Waals surface area contributed by atoms with E-state index in [0.717, 1.165) is 22.6 Å². The molecule has 212 valence electrons. The molecule has 4 atom stereocenters. The second-order valence-corrected chi connectivity index (χ2v) is 10.7. The Morgan fingerprint density at radius 1 is 0.513 bits per heavy atom. The monoisotopic (exact) mass is 536 g/mol. The van der Waals surface area contributed by atoms with Gasteiger partial charge in [0.05, 0.1) is 14.2 Å². The van der Waals surface area contributed by atoms with Crippen LogP contribution in [0.4, 0.5) is 0 Å². The van der Waals surface area contributed by atoms with Gasteiger partial charge in [-0.15, -0.1) is 0 Å². The smallest absolute Gasteiger partial charge is 0.132 e. The number of ketones is 4. The van der Waals surface area contributed by atoms with E-state index in [1.54, 1.807) is 28.1 Å². The summed E-state index contributed by atoms with van der Waals surface area (Å²) in [6.07, 6.45) is 3.90. The van der Waals surface area contributed by atoms with Gasteiger partial charge in [0.15, 0.2) is 0 Å². The van der Waals surface area contributed by atoms with Gasteiger partial charge < -0.3 is 9.47 Å². The zero-order valence-corrected chi connectivity index (χ0v) is 24.3. The van der Waals surface area contributed by atoms with Gasteiger partial charge in [-0.2, -0.15) is 0 Å². The lowest BCUT2D eigenvalue weighted by atomic mass is 9.77. The van der Waals surface area contributed by atoms with Crippen LogP contribution in [0, 0.1) is 23.7 Å². The van der Waals surface area contributed by atoms with E-state index in [1.165, 1.54) is 13.8 Å². The maximum atomic E-state index is 12.7. The summed E-state index contributed by atoms with van der Waals surface area (Å²) >= 11 is 0. The van der Waals surface area contributed by atoms with Gasteiger partial charge in [-0.25, -0.2) is 0 Å². The minimum Gasteiger partial charge on any atom is -0.497 e. The molecule has 0 radical (unpaired) electrons. The highest BCUT2D eigenvalue weighted by atomic mass is 16.5. The lowest BCUT2D eigenvalue weighted by Crippen LogP contribution is -2.28. The molecule has 0 aliphatic rings. The zero-order chi connectivity index (χ0) is 28.9. The Morgan fingerprint density at radius 2 is 0.795 bits per heavy atom. The van der Waals surface area contributed by atoms with E-state index in [-0.39, 0.29) is 35.0 Å². The number of methoxy groups -OCH3 is 2. The van der Waals surface area contributed by atoms with Crippen LogP contribution in [0.2, 0.25) is 0 Å². The summed E-state index contributed by atoms with van der Waals surface area (Å²) in [5, 5.41) is 0. The van der Waals surface area contributed by atoms with E-state index in [4.69, 9.17) is 9.47 Å². The molecular formula is C33H44O6. The number of carbonyl (C=O) groups excluding carboxylic acids is 4. The average Bonchev–Trinajstić information content (AvgIpc) is 2.91. The summed E-state index contributed by atoms with van der Waals surface area (Å²) in [7, 11) is 3.24. The molecule has 6 nitrogen and oxygen atoms in total. The zero-order valence-electron chi connectivity index (χ0n) is 24.3. The lowest BCUT2D eigenvalue weighted by molar-refractivity contribution is -0.126. The van der Waals surface area contributed by atoms with Crippen LogP contribution in [0.3, 0.4) is 0 Å². The average molecular weight is 537 g/mol. The standard InChI is InChI=1S/C33H44O6/c1-22(34)28(13-7-26-9-15-32(38-5)16-10-26)19-30(24(3)36)21-31(25(4)37)20-29(23(2)35)14-8-27-11-17-33(39-6)18-12-27/h9-12,15-18,28-31H,7-8,13-14,19-21H2,1-6H3/t28-,29-,30+,31+/m0/s1. The molecule has 0 heterocycles. The molecular weight excluding hydrogens is 492 g/mol. The molecule has 0 spiro atoms. The van der Waals surface area contributed by atoms with Gasteiger partial charge in [0.1, 0.15) is 34.6 Å². The summed E-state index contributed by atoms with van der Waals surface area (Å²) in [5.41, 5.74) is 2.20. The maximum Gasteiger partial charge on any atom is 0.132 e. The normalized spacial score (nSPS) is 14.1. The molecule has 39 heavy (non-hydrogen) atoms. The van der Waals surface area contributed by atoms with E-state index >= 15 is 0 Å². The van der Waals surface area contributed by atoms with E-state index in [0.29, 0.717) is 44.9 Å². The molecule has 0 amide bonds. The molecule has 2 rings (SSSR count). The highest BCUT2D eigenvalue weighted by Gasteiger charge is 2.30. The second kappa shape index (κ2) is 16.0. The fraction of sp³-hybridized carbons (Fsp3) is 0.515. The fourth-order valence-electron chi connectivity index (χ4n) is 5.13. The lowest BCUT2D eigenvalue weighted by Gasteiger charge is -2.26. The molecule has 0 saturated heterocycles. The molecule has 0 unspecified atom stereocenters. The molecule has 0 saturated carbocycles. The number of ether oxygens (including phenoxy) is 2. The minimum atomic E-state index is -0.405. The highest BCUT2D eigenvalue weighted by Crippen LogP contribution is 2.30. The first-order chi connectivity index (χ1) is 18.5. The van der Waals surface area contributed by atoms with Crippen molar-refractivity contribution in [2.75, 3.05) is 14.2 Å². The van der Waals surface area contributed by atoms with Crippen molar-refractivity contribution in [1.29, 1.82) is 0 Å². The van der Waals surface area contributed by atoms with E-state index in [1.807, 2.05) is 48.5 Å². The number of carbonyl (C=O) groups is 4. The molecule has 2 aromatic carbocycles. The number of Topliss-reactive ketones (excluding diaryl/α,β-unsaturated/α-hetero) is 4. The third kappa shape index (κ3) is 10.8. The Morgan fingerprint density at radius 3 is 1.05 bits per heavy atom. The van der Waals surface area contributed by atoms with Crippen LogP contribution in [0.5, 0.6) is 11.5 Å². The summed E-state index contributed by atoms with van der Waals surface area (Å²) in [4.78, 5) is 50.4. The van der Waals surface area contributed by atoms with Crippen molar-refractivity contribution >= 4 is 23.1 Å². The van der Waals surface area contributed by atoms with Gasteiger partial charge >= 0.3 is 0 Å². The molecule has 2 aromatic rings. The van der Waals surface area contributed by atoms with Crippen molar-refractivity contribution in [1.82, 2.24) is 0 Å². The summed E-state index contributed by atoms with van der Waals surface area (Å²) in [5.74, 6) is 0.271. The van der Waals surface area contributed by atoms with Crippen molar-refractivity contribution in [3.63, 3.8) is 0 Å². The van der Waals surface area contributed by atoms with Gasteiger partial charge in [-0.3, -0.25) is 19.2 Å². The van der Waals surface area contributed by atoms with E-state index in [9.17, 15) is 19.2 Å². The Balaban J connectivity index is 2.06. The van der Waals surface area contributed by atoms with E-state index in [2.05, 4.69) is 0 Å². The molecule has 0 N–H and O–H groups in total. The molecule has 0 aliphatic heterocycles. The number of rotatable bonds is 18. The van der Waals surface area contributed by atoms with Crippen molar-refractivity contribution < 1.29 is 28.7 Å². The van der Waals surface area contributed by atoms with Gasteiger partial charge in [0.25, 0.3) is 0 Å². The van der Waals surface area contributed by atoms with Crippen LogP contribution in [0.25, 0.3) is 0 Å². The third-order valence-electron chi connectivity index (χ3n) is 7.89. The molecule has 0 aliphatic carbocycles. The van der Waals surface area contributed by atoms with Crippen molar-refractivity contribution in [3.8, 4) is 11.5 Å². The quantitative estimate of drug-likeness (QED) is 0.223. The van der Waals surface area contributed by atoms with Crippen LogP contribution >= 0.6 is 0 Å². The number of hydrogen-bond acceptors (Lipinski definition) is 6. The van der Waals surface area contributed by atoms with Gasteiger partial charge in [-0.05, 0) is 108 Å². The molecule has 0 aromatic heterocycles. The Bertz CT molecular complexity index is 999. The van der Waals surface area contributed by atoms with Crippen LogP contribution in [-0.4, -0.2) is 37.4 Å². The van der Waals surface area contributed by atoms with Crippen LogP contribution in [-0.2, 0) is 32.0 Å². The Hall–Kier alpha value is -3.28.